The summed E-state index contributed by atoms with van der Waals surface area (Å²) in [4.78, 5) is 11.0. The summed E-state index contributed by atoms with van der Waals surface area (Å²) in [6.07, 6.45) is 0. The van der Waals surface area contributed by atoms with Crippen molar-refractivity contribution in [2.24, 2.45) is 0 Å². The van der Waals surface area contributed by atoms with Crippen molar-refractivity contribution in [1.82, 2.24) is 0 Å². The van der Waals surface area contributed by atoms with Crippen LogP contribution in [0.2, 0.25) is 5.02 Å². The first-order valence-electron chi connectivity index (χ1n) is 3.93. The van der Waals surface area contributed by atoms with Gasteiger partial charge < -0.3 is 9.47 Å². The fraction of sp³-hybridized carbons (Fsp3) is 0.222. The van der Waals surface area contributed by atoms with Gasteiger partial charge in [-0.05, 0) is 22.0 Å². The van der Waals surface area contributed by atoms with Gasteiger partial charge in [-0.15, -0.1) is 0 Å². The van der Waals surface area contributed by atoms with Crippen LogP contribution < -0.4 is 9.47 Å². The van der Waals surface area contributed by atoms with E-state index in [1.807, 2.05) is 0 Å². The van der Waals surface area contributed by atoms with Crippen molar-refractivity contribution in [2.75, 3.05) is 13.2 Å². The molecule has 0 unspecified atom stereocenters. The van der Waals surface area contributed by atoms with Gasteiger partial charge in [-0.3, -0.25) is 4.79 Å². The van der Waals surface area contributed by atoms with Crippen LogP contribution in [0, 0.1) is 0 Å². The van der Waals surface area contributed by atoms with Gasteiger partial charge in [0.05, 0.1) is 5.02 Å². The first-order chi connectivity index (χ1) is 6.66. The van der Waals surface area contributed by atoms with E-state index in [0.717, 1.165) is 4.47 Å². The second-order valence-electron chi connectivity index (χ2n) is 2.83. The molecule has 74 valence electrons. The number of fused-ring (bicyclic) bond motifs is 1. The van der Waals surface area contributed by atoms with E-state index in [4.69, 9.17) is 21.1 Å². The Balaban J connectivity index is 2.41. The van der Waals surface area contributed by atoms with E-state index in [2.05, 4.69) is 15.9 Å². The molecule has 3 nitrogen and oxygen atoms in total. The molecule has 0 aliphatic carbocycles. The van der Waals surface area contributed by atoms with E-state index in [-0.39, 0.29) is 19.0 Å². The number of carbonyl (C=O) groups is 1. The van der Waals surface area contributed by atoms with Gasteiger partial charge in [0, 0.05) is 10.5 Å². The molecule has 0 saturated heterocycles. The average molecular weight is 278 g/mol. The largest absolute Gasteiger partial charge is 0.482 e. The molecule has 2 rings (SSSR count). The molecular weight excluding hydrogens is 271 g/mol. The highest BCUT2D eigenvalue weighted by Gasteiger charge is 2.16. The summed E-state index contributed by atoms with van der Waals surface area (Å²) in [6, 6.07) is 3.32. The van der Waals surface area contributed by atoms with Gasteiger partial charge >= 0.3 is 0 Å². The minimum atomic E-state index is -0.0894. The topological polar surface area (TPSA) is 35.5 Å². The number of rotatable bonds is 0. The second kappa shape index (κ2) is 3.79. The molecule has 0 fully saturated rings. The number of hydrogen-bond donors (Lipinski definition) is 0. The van der Waals surface area contributed by atoms with Gasteiger partial charge in [-0.2, -0.15) is 0 Å². The van der Waals surface area contributed by atoms with Crippen LogP contribution in [0.4, 0.5) is 0 Å². The first-order valence-corrected chi connectivity index (χ1v) is 5.10. The van der Waals surface area contributed by atoms with Gasteiger partial charge in [-0.1, -0.05) is 11.6 Å². The van der Waals surface area contributed by atoms with Crippen LogP contribution in [0.25, 0.3) is 0 Å². The summed E-state index contributed by atoms with van der Waals surface area (Å²) in [5, 5.41) is 0.529. The molecule has 1 heterocycles. The van der Waals surface area contributed by atoms with Crippen LogP contribution in [-0.4, -0.2) is 19.0 Å². The summed E-state index contributed by atoms with van der Waals surface area (Å²) in [6.45, 7) is 0.0754. The van der Waals surface area contributed by atoms with Crippen molar-refractivity contribution in [1.29, 1.82) is 0 Å². The molecular formula is C9H6BrClO3. The molecule has 0 atom stereocenters. The Labute approximate surface area is 94.1 Å². The Bertz CT molecular complexity index is 357. The summed E-state index contributed by atoms with van der Waals surface area (Å²) in [5.74, 6) is 0.949. The normalized spacial score (nSPS) is 15.1. The molecule has 0 aromatic heterocycles. The number of Topliss-reactive ketones (excluding diaryl/α,β-unsaturated/α-hetero) is 1. The number of halogens is 2. The zero-order chi connectivity index (χ0) is 10.1. The third kappa shape index (κ3) is 1.86. The lowest BCUT2D eigenvalue weighted by molar-refractivity contribution is -0.122. The molecule has 0 radical (unpaired) electrons. The zero-order valence-corrected chi connectivity index (χ0v) is 9.39. The van der Waals surface area contributed by atoms with Crippen LogP contribution in [0.3, 0.4) is 0 Å². The maximum Gasteiger partial charge on any atom is 0.207 e. The fourth-order valence-electron chi connectivity index (χ4n) is 1.09. The van der Waals surface area contributed by atoms with Crippen molar-refractivity contribution in [3.63, 3.8) is 0 Å². The number of ketones is 1. The van der Waals surface area contributed by atoms with E-state index in [1.54, 1.807) is 12.1 Å². The lowest BCUT2D eigenvalue weighted by Crippen LogP contribution is -2.15. The van der Waals surface area contributed by atoms with Crippen molar-refractivity contribution in [2.45, 2.75) is 0 Å². The Morgan fingerprint density at radius 3 is 2.43 bits per heavy atom. The monoisotopic (exact) mass is 276 g/mol. The SMILES string of the molecule is O=C1COc2cc(Cl)c(Br)cc2OC1. The van der Waals surface area contributed by atoms with Gasteiger partial charge in [0.15, 0.2) is 24.7 Å². The molecule has 0 amide bonds. The van der Waals surface area contributed by atoms with Crippen molar-refractivity contribution < 1.29 is 14.3 Å². The maximum absolute atomic E-state index is 11.0. The number of benzene rings is 1. The Kier molecular flexibility index (Phi) is 2.65. The lowest BCUT2D eigenvalue weighted by atomic mass is 10.3. The molecule has 0 saturated carbocycles. The first kappa shape index (κ1) is 9.80. The van der Waals surface area contributed by atoms with Crippen LogP contribution in [-0.2, 0) is 4.79 Å². The van der Waals surface area contributed by atoms with Crippen molar-refractivity contribution in [3.8, 4) is 11.5 Å². The van der Waals surface area contributed by atoms with E-state index in [1.165, 1.54) is 0 Å². The number of carbonyl (C=O) groups excluding carboxylic acids is 1. The van der Waals surface area contributed by atoms with Crippen LogP contribution in [0.5, 0.6) is 11.5 Å². The van der Waals surface area contributed by atoms with Crippen molar-refractivity contribution >= 4 is 33.3 Å². The Morgan fingerprint density at radius 2 is 1.79 bits per heavy atom. The highest BCUT2D eigenvalue weighted by Crippen LogP contribution is 2.36. The molecule has 0 bridgehead atoms. The summed E-state index contributed by atoms with van der Waals surface area (Å²) >= 11 is 9.13. The highest BCUT2D eigenvalue weighted by atomic mass is 79.9. The summed E-state index contributed by atoms with van der Waals surface area (Å²) in [7, 11) is 0. The quantitative estimate of drug-likeness (QED) is 0.731. The number of hydrogen-bond acceptors (Lipinski definition) is 3. The van der Waals surface area contributed by atoms with Gasteiger partial charge in [0.2, 0.25) is 5.78 Å². The van der Waals surface area contributed by atoms with Crippen LogP contribution >= 0.6 is 27.5 Å². The van der Waals surface area contributed by atoms with Crippen molar-refractivity contribution in [3.05, 3.63) is 21.6 Å². The van der Waals surface area contributed by atoms with Gasteiger partial charge in [0.1, 0.15) is 0 Å². The number of ether oxygens (including phenoxy) is 2. The Hall–Kier alpha value is -0.740. The smallest absolute Gasteiger partial charge is 0.207 e. The minimum absolute atomic E-state index is 0.0327. The molecule has 14 heavy (non-hydrogen) atoms. The third-order valence-electron chi connectivity index (χ3n) is 1.76. The standard InChI is InChI=1S/C9H6BrClO3/c10-6-1-8-9(2-7(6)11)14-4-5(12)3-13-8/h1-2H,3-4H2. The minimum Gasteiger partial charge on any atom is -0.482 e. The van der Waals surface area contributed by atoms with Gasteiger partial charge in [-0.25, -0.2) is 0 Å². The van der Waals surface area contributed by atoms with E-state index in [9.17, 15) is 4.79 Å². The molecule has 1 aromatic rings. The van der Waals surface area contributed by atoms with E-state index in [0.29, 0.717) is 16.5 Å². The zero-order valence-electron chi connectivity index (χ0n) is 7.05. The second-order valence-corrected chi connectivity index (χ2v) is 4.09. The summed E-state index contributed by atoms with van der Waals surface area (Å²) in [5.41, 5.74) is 0. The molecule has 5 heteroatoms. The molecule has 1 aromatic carbocycles. The predicted octanol–water partition coefficient (Wildman–Crippen LogP) is 2.44. The average Bonchev–Trinajstić information content (AvgIpc) is 2.31. The molecule has 1 aliphatic heterocycles. The fourth-order valence-corrected chi connectivity index (χ4v) is 1.57. The Morgan fingerprint density at radius 1 is 1.21 bits per heavy atom. The molecule has 0 spiro atoms. The predicted molar refractivity (Wildman–Crippen MR) is 55.1 cm³/mol. The van der Waals surface area contributed by atoms with Gasteiger partial charge in [0.25, 0.3) is 0 Å². The molecule has 0 N–H and O–H groups in total. The maximum atomic E-state index is 11.0. The lowest BCUT2D eigenvalue weighted by Gasteiger charge is -2.07. The summed E-state index contributed by atoms with van der Waals surface area (Å²) < 4.78 is 11.2. The third-order valence-corrected chi connectivity index (χ3v) is 2.96. The van der Waals surface area contributed by atoms with Crippen LogP contribution in [0.15, 0.2) is 16.6 Å². The van der Waals surface area contributed by atoms with E-state index >= 15 is 0 Å². The van der Waals surface area contributed by atoms with E-state index < -0.39 is 0 Å². The highest BCUT2D eigenvalue weighted by molar-refractivity contribution is 9.10. The molecule has 1 aliphatic rings. The van der Waals surface area contributed by atoms with Crippen LogP contribution in [0.1, 0.15) is 0 Å².